The van der Waals surface area contributed by atoms with Crippen LogP contribution in [0.4, 0.5) is 0 Å². The predicted molar refractivity (Wildman–Crippen MR) is 251 cm³/mol. The normalized spacial score (nSPS) is 12.4. The van der Waals surface area contributed by atoms with Crippen LogP contribution in [-0.2, 0) is 19.1 Å². The summed E-state index contributed by atoms with van der Waals surface area (Å²) in [6.07, 6.45) is 62.4. The number of carbonyl (C=O) groups excluding carboxylic acids is 2. The van der Waals surface area contributed by atoms with Gasteiger partial charge in [0, 0.05) is 12.8 Å². The fourth-order valence-electron chi connectivity index (χ4n) is 7.56. The average Bonchev–Trinajstić information content (AvgIpc) is 3.23. The number of esters is 2. The van der Waals surface area contributed by atoms with Crippen LogP contribution in [0.5, 0.6) is 0 Å². The Morgan fingerprint density at radius 1 is 0.397 bits per heavy atom. The summed E-state index contributed by atoms with van der Waals surface area (Å²) in [5.41, 5.74) is 0. The molecule has 0 aliphatic carbocycles. The highest BCUT2D eigenvalue weighted by atomic mass is 16.6. The van der Waals surface area contributed by atoms with Crippen LogP contribution in [0.25, 0.3) is 0 Å². The zero-order valence-electron chi connectivity index (χ0n) is 38.8. The Bertz CT molecular complexity index is 924. The minimum absolute atomic E-state index is 0.0676. The highest BCUT2D eigenvalue weighted by molar-refractivity contribution is 5.70. The predicted octanol–water partition coefficient (Wildman–Crippen LogP) is 16.7. The Morgan fingerprint density at radius 2 is 0.690 bits per heavy atom. The molecule has 0 radical (unpaired) electrons. The molecule has 5 nitrogen and oxygen atoms in total. The minimum atomic E-state index is -0.777. The molecule has 0 spiro atoms. The molecular formula is C53H98O5. The van der Waals surface area contributed by atoms with E-state index < -0.39 is 6.10 Å². The fourth-order valence-corrected chi connectivity index (χ4v) is 7.56. The number of aliphatic hydroxyl groups is 1. The van der Waals surface area contributed by atoms with Crippen molar-refractivity contribution in [3.63, 3.8) is 0 Å². The second-order valence-corrected chi connectivity index (χ2v) is 17.3. The molecule has 0 fully saturated rings. The Kier molecular flexibility index (Phi) is 47.9. The van der Waals surface area contributed by atoms with Crippen molar-refractivity contribution in [2.45, 2.75) is 277 Å². The van der Waals surface area contributed by atoms with Crippen LogP contribution in [0.2, 0.25) is 0 Å². The lowest BCUT2D eigenvalue weighted by Crippen LogP contribution is -2.28. The van der Waals surface area contributed by atoms with E-state index in [1.807, 2.05) is 0 Å². The zero-order valence-corrected chi connectivity index (χ0v) is 38.8. The molecule has 1 unspecified atom stereocenters. The lowest BCUT2D eigenvalue weighted by molar-refractivity contribution is -0.161. The lowest BCUT2D eigenvalue weighted by Gasteiger charge is -2.15. The topological polar surface area (TPSA) is 72.8 Å². The number of unbranched alkanes of at least 4 members (excludes halogenated alkanes) is 33. The molecule has 0 amide bonds. The van der Waals surface area contributed by atoms with Crippen molar-refractivity contribution in [1.82, 2.24) is 0 Å². The van der Waals surface area contributed by atoms with Gasteiger partial charge in [-0.1, -0.05) is 243 Å². The number of allylic oxidation sites excluding steroid dienone is 6. The molecule has 0 aromatic heterocycles. The second-order valence-electron chi connectivity index (χ2n) is 17.3. The maximum absolute atomic E-state index is 12.3. The van der Waals surface area contributed by atoms with Crippen LogP contribution in [0.1, 0.15) is 271 Å². The third-order valence-corrected chi connectivity index (χ3v) is 11.4. The zero-order chi connectivity index (χ0) is 42.1. The summed E-state index contributed by atoms with van der Waals surface area (Å²) in [6, 6.07) is 0. The van der Waals surface area contributed by atoms with E-state index in [0.717, 1.165) is 57.8 Å². The van der Waals surface area contributed by atoms with Gasteiger partial charge in [0.15, 0.2) is 6.10 Å². The van der Waals surface area contributed by atoms with Crippen molar-refractivity contribution in [1.29, 1.82) is 0 Å². The quantitative estimate of drug-likeness (QED) is 0.0376. The molecule has 0 saturated carbocycles. The number of hydrogen-bond acceptors (Lipinski definition) is 5. The van der Waals surface area contributed by atoms with Crippen molar-refractivity contribution in [3.05, 3.63) is 36.5 Å². The SMILES string of the molecule is CCCCCCC/C=C\C/C=C\C/C=C\CCCCCCCCC(=O)OC(CO)COC(=O)CCCCCCCCCCCCCCCCCCCCCCCCC. The molecule has 1 atom stereocenters. The van der Waals surface area contributed by atoms with E-state index in [2.05, 4.69) is 50.3 Å². The lowest BCUT2D eigenvalue weighted by atomic mass is 10.0. The summed E-state index contributed by atoms with van der Waals surface area (Å²) < 4.78 is 10.7. The van der Waals surface area contributed by atoms with Gasteiger partial charge in [-0.3, -0.25) is 9.59 Å². The van der Waals surface area contributed by atoms with E-state index in [4.69, 9.17) is 9.47 Å². The highest BCUT2D eigenvalue weighted by Gasteiger charge is 2.16. The number of aliphatic hydroxyl groups excluding tert-OH is 1. The molecule has 1 N–H and O–H groups in total. The molecule has 340 valence electrons. The molecular weight excluding hydrogens is 717 g/mol. The molecule has 0 bridgehead atoms. The van der Waals surface area contributed by atoms with Crippen molar-refractivity contribution >= 4 is 11.9 Å². The first-order chi connectivity index (χ1) is 28.6. The van der Waals surface area contributed by atoms with Gasteiger partial charge in [0.25, 0.3) is 0 Å². The van der Waals surface area contributed by atoms with Crippen LogP contribution in [-0.4, -0.2) is 36.4 Å². The largest absolute Gasteiger partial charge is 0.462 e. The minimum Gasteiger partial charge on any atom is -0.462 e. The first-order valence-electron chi connectivity index (χ1n) is 25.5. The first-order valence-corrected chi connectivity index (χ1v) is 25.5. The van der Waals surface area contributed by atoms with Crippen LogP contribution in [0.15, 0.2) is 36.5 Å². The highest BCUT2D eigenvalue weighted by Crippen LogP contribution is 2.16. The Hall–Kier alpha value is -1.88. The van der Waals surface area contributed by atoms with Crippen LogP contribution >= 0.6 is 0 Å². The monoisotopic (exact) mass is 815 g/mol. The summed E-state index contributed by atoms with van der Waals surface area (Å²) >= 11 is 0. The Labute approximate surface area is 361 Å². The van der Waals surface area contributed by atoms with E-state index in [1.165, 1.54) is 186 Å². The van der Waals surface area contributed by atoms with E-state index in [0.29, 0.717) is 12.8 Å². The standard InChI is InChI=1S/C53H98O5/c1-3-5-7-9-11-13-15-17-19-21-23-25-26-28-29-31-33-35-37-39-41-43-45-47-52(55)57-50-51(49-54)58-53(56)48-46-44-42-40-38-36-34-32-30-27-24-22-20-18-16-14-12-10-8-6-4-2/h16,18,22,24,30,32,51,54H,3-15,17,19-21,23,25-29,31,33-50H2,1-2H3/b18-16-,24-22-,32-30-. The molecule has 0 heterocycles. The van der Waals surface area contributed by atoms with E-state index in [1.54, 1.807) is 0 Å². The Balaban J connectivity index is 3.49. The molecule has 0 aromatic carbocycles. The van der Waals surface area contributed by atoms with Crippen molar-refractivity contribution in [2.75, 3.05) is 13.2 Å². The van der Waals surface area contributed by atoms with Crippen molar-refractivity contribution in [2.24, 2.45) is 0 Å². The van der Waals surface area contributed by atoms with E-state index >= 15 is 0 Å². The van der Waals surface area contributed by atoms with Crippen molar-refractivity contribution < 1.29 is 24.2 Å². The number of carbonyl (C=O) groups is 2. The fraction of sp³-hybridized carbons (Fsp3) is 0.849. The molecule has 0 saturated heterocycles. The maximum Gasteiger partial charge on any atom is 0.306 e. The van der Waals surface area contributed by atoms with Gasteiger partial charge in [-0.05, 0) is 51.4 Å². The maximum atomic E-state index is 12.3. The van der Waals surface area contributed by atoms with E-state index in [-0.39, 0.29) is 25.2 Å². The van der Waals surface area contributed by atoms with Crippen LogP contribution < -0.4 is 0 Å². The number of hydrogen-bond donors (Lipinski definition) is 1. The molecule has 0 aliphatic heterocycles. The second kappa shape index (κ2) is 49.5. The third kappa shape index (κ3) is 46.8. The summed E-state index contributed by atoms with van der Waals surface area (Å²) in [6.45, 7) is 4.15. The van der Waals surface area contributed by atoms with Gasteiger partial charge >= 0.3 is 11.9 Å². The van der Waals surface area contributed by atoms with Gasteiger partial charge in [0.2, 0.25) is 0 Å². The van der Waals surface area contributed by atoms with Gasteiger partial charge in [-0.25, -0.2) is 0 Å². The molecule has 0 rings (SSSR count). The molecule has 5 heteroatoms. The summed E-state index contributed by atoms with van der Waals surface area (Å²) in [5, 5.41) is 9.62. The molecule has 0 aliphatic rings. The van der Waals surface area contributed by atoms with E-state index in [9.17, 15) is 14.7 Å². The summed E-state index contributed by atoms with van der Waals surface area (Å²) in [4.78, 5) is 24.4. The molecule has 58 heavy (non-hydrogen) atoms. The van der Waals surface area contributed by atoms with Gasteiger partial charge in [0.1, 0.15) is 6.61 Å². The number of ether oxygens (including phenoxy) is 2. The first kappa shape index (κ1) is 56.1. The van der Waals surface area contributed by atoms with Gasteiger partial charge in [-0.2, -0.15) is 0 Å². The van der Waals surface area contributed by atoms with Crippen LogP contribution in [0, 0.1) is 0 Å². The van der Waals surface area contributed by atoms with Gasteiger partial charge in [-0.15, -0.1) is 0 Å². The van der Waals surface area contributed by atoms with Crippen molar-refractivity contribution in [3.8, 4) is 0 Å². The average molecular weight is 815 g/mol. The summed E-state index contributed by atoms with van der Waals surface area (Å²) in [5.74, 6) is -0.592. The van der Waals surface area contributed by atoms with Gasteiger partial charge in [0.05, 0.1) is 6.61 Å². The van der Waals surface area contributed by atoms with Gasteiger partial charge < -0.3 is 14.6 Å². The third-order valence-electron chi connectivity index (χ3n) is 11.4. The molecule has 0 aromatic rings. The number of rotatable bonds is 47. The smallest absolute Gasteiger partial charge is 0.306 e. The Morgan fingerprint density at radius 3 is 1.03 bits per heavy atom. The van der Waals surface area contributed by atoms with Crippen LogP contribution in [0.3, 0.4) is 0 Å². The summed E-state index contributed by atoms with van der Waals surface area (Å²) in [7, 11) is 0.